The molecule has 1 fully saturated rings. The molecule has 122 valence electrons. The van der Waals surface area contributed by atoms with E-state index in [0.717, 1.165) is 17.5 Å². The molecule has 0 bridgehead atoms. The Morgan fingerprint density at radius 2 is 2.00 bits per heavy atom. The summed E-state index contributed by atoms with van der Waals surface area (Å²) in [5.41, 5.74) is 6.00. The van der Waals surface area contributed by atoms with Crippen molar-refractivity contribution in [2.24, 2.45) is 5.73 Å². The SMILES string of the molecule is CC(C)(C)OC(=O)N1CCC(O)(c2ccc(CCN)cc2)C1. The zero-order valence-corrected chi connectivity index (χ0v) is 13.6. The average molecular weight is 306 g/mol. The molecule has 1 atom stereocenters. The summed E-state index contributed by atoms with van der Waals surface area (Å²) in [6, 6.07) is 7.81. The highest BCUT2D eigenvalue weighted by atomic mass is 16.6. The van der Waals surface area contributed by atoms with Crippen molar-refractivity contribution in [1.82, 2.24) is 4.90 Å². The van der Waals surface area contributed by atoms with Crippen molar-refractivity contribution in [3.63, 3.8) is 0 Å². The number of hydrogen-bond donors (Lipinski definition) is 2. The van der Waals surface area contributed by atoms with Crippen LogP contribution in [0.15, 0.2) is 24.3 Å². The van der Waals surface area contributed by atoms with Gasteiger partial charge in [0.1, 0.15) is 11.2 Å². The van der Waals surface area contributed by atoms with Crippen molar-refractivity contribution < 1.29 is 14.6 Å². The number of rotatable bonds is 3. The molecule has 1 aromatic carbocycles. The van der Waals surface area contributed by atoms with Crippen molar-refractivity contribution in [3.05, 3.63) is 35.4 Å². The van der Waals surface area contributed by atoms with Gasteiger partial charge < -0.3 is 20.5 Å². The third-order valence-corrected chi connectivity index (χ3v) is 3.82. The summed E-state index contributed by atoms with van der Waals surface area (Å²) in [5.74, 6) is 0. The maximum absolute atomic E-state index is 12.1. The highest BCUT2D eigenvalue weighted by Crippen LogP contribution is 2.32. The van der Waals surface area contributed by atoms with E-state index in [9.17, 15) is 9.90 Å². The van der Waals surface area contributed by atoms with Gasteiger partial charge in [-0.05, 0) is 51.3 Å². The van der Waals surface area contributed by atoms with Crippen LogP contribution in [0.1, 0.15) is 38.3 Å². The molecule has 1 aliphatic heterocycles. The third-order valence-electron chi connectivity index (χ3n) is 3.82. The average Bonchev–Trinajstić information content (AvgIpc) is 2.82. The Morgan fingerprint density at radius 3 is 2.55 bits per heavy atom. The number of aliphatic hydroxyl groups is 1. The molecule has 1 aromatic rings. The first-order valence-corrected chi connectivity index (χ1v) is 7.73. The van der Waals surface area contributed by atoms with Gasteiger partial charge >= 0.3 is 6.09 Å². The monoisotopic (exact) mass is 306 g/mol. The Bertz CT molecular complexity index is 522. The summed E-state index contributed by atoms with van der Waals surface area (Å²) < 4.78 is 5.36. The van der Waals surface area contributed by atoms with Gasteiger partial charge in [-0.15, -0.1) is 0 Å². The number of amides is 1. The number of likely N-dealkylation sites (tertiary alicyclic amines) is 1. The maximum Gasteiger partial charge on any atom is 0.410 e. The van der Waals surface area contributed by atoms with E-state index in [-0.39, 0.29) is 12.6 Å². The first-order chi connectivity index (χ1) is 10.2. The van der Waals surface area contributed by atoms with Crippen molar-refractivity contribution in [2.75, 3.05) is 19.6 Å². The minimum atomic E-state index is -1.00. The van der Waals surface area contributed by atoms with Gasteiger partial charge in [-0.3, -0.25) is 0 Å². The van der Waals surface area contributed by atoms with Gasteiger partial charge in [-0.2, -0.15) is 0 Å². The van der Waals surface area contributed by atoms with Crippen molar-refractivity contribution >= 4 is 6.09 Å². The first-order valence-electron chi connectivity index (χ1n) is 7.73. The number of ether oxygens (including phenoxy) is 1. The Hall–Kier alpha value is -1.59. The van der Waals surface area contributed by atoms with Gasteiger partial charge in [0.25, 0.3) is 0 Å². The lowest BCUT2D eigenvalue weighted by Crippen LogP contribution is -2.38. The van der Waals surface area contributed by atoms with Crippen LogP contribution in [0, 0.1) is 0 Å². The fourth-order valence-corrected chi connectivity index (χ4v) is 2.66. The van der Waals surface area contributed by atoms with E-state index in [1.54, 1.807) is 4.90 Å². The van der Waals surface area contributed by atoms with E-state index < -0.39 is 11.2 Å². The summed E-state index contributed by atoms with van der Waals surface area (Å²) in [6.45, 7) is 6.88. The number of hydrogen-bond acceptors (Lipinski definition) is 4. The topological polar surface area (TPSA) is 75.8 Å². The molecule has 0 aliphatic carbocycles. The van der Waals surface area contributed by atoms with Crippen LogP contribution in [0.3, 0.4) is 0 Å². The van der Waals surface area contributed by atoms with Crippen molar-refractivity contribution in [1.29, 1.82) is 0 Å². The van der Waals surface area contributed by atoms with Crippen molar-refractivity contribution in [3.8, 4) is 0 Å². The number of carbonyl (C=O) groups excluding carboxylic acids is 1. The van der Waals surface area contributed by atoms with Crippen LogP contribution < -0.4 is 5.73 Å². The molecule has 0 saturated carbocycles. The van der Waals surface area contributed by atoms with E-state index in [1.807, 2.05) is 45.0 Å². The maximum atomic E-state index is 12.1. The fraction of sp³-hybridized carbons (Fsp3) is 0.588. The summed E-state index contributed by atoms with van der Waals surface area (Å²) in [6.07, 6.45) is 0.966. The second-order valence-electron chi connectivity index (χ2n) is 6.92. The highest BCUT2D eigenvalue weighted by molar-refractivity contribution is 5.68. The first kappa shape index (κ1) is 16.8. The van der Waals surface area contributed by atoms with Gasteiger partial charge in [-0.25, -0.2) is 4.79 Å². The molecule has 5 nitrogen and oxygen atoms in total. The normalized spacial score (nSPS) is 22.0. The lowest BCUT2D eigenvalue weighted by molar-refractivity contribution is 0.0140. The van der Waals surface area contributed by atoms with Crippen molar-refractivity contribution in [2.45, 2.75) is 44.8 Å². The molecule has 1 amide bonds. The molecule has 3 N–H and O–H groups in total. The third kappa shape index (κ3) is 3.99. The van der Waals surface area contributed by atoms with Gasteiger partial charge in [-0.1, -0.05) is 24.3 Å². The lowest BCUT2D eigenvalue weighted by Gasteiger charge is -2.26. The quantitative estimate of drug-likeness (QED) is 0.896. The van der Waals surface area contributed by atoms with Crippen LogP contribution in [0.4, 0.5) is 4.79 Å². The smallest absolute Gasteiger partial charge is 0.410 e. The molecule has 0 radical (unpaired) electrons. The van der Waals surface area contributed by atoms with Gasteiger partial charge in [0.15, 0.2) is 0 Å². The minimum Gasteiger partial charge on any atom is -0.444 e. The van der Waals surface area contributed by atoms with Gasteiger partial charge in [0.2, 0.25) is 0 Å². The van der Waals surface area contributed by atoms with Crippen LogP contribution >= 0.6 is 0 Å². The molecular weight excluding hydrogens is 280 g/mol. The van der Waals surface area contributed by atoms with Gasteiger partial charge in [0.05, 0.1) is 6.54 Å². The molecule has 1 aliphatic rings. The molecule has 2 rings (SSSR count). The number of benzene rings is 1. The Balaban J connectivity index is 2.05. The van der Waals surface area contributed by atoms with E-state index >= 15 is 0 Å². The predicted octanol–water partition coefficient (Wildman–Crippen LogP) is 2.02. The standard InChI is InChI=1S/C17H26N2O3/c1-16(2,3)22-15(20)19-11-9-17(21,12-19)14-6-4-13(5-7-14)8-10-18/h4-7,21H,8-12,18H2,1-3H3. The molecule has 1 unspecified atom stereocenters. The van der Waals surface area contributed by atoms with Gasteiger partial charge in [0, 0.05) is 6.54 Å². The molecule has 1 saturated heterocycles. The molecule has 1 heterocycles. The van der Waals surface area contributed by atoms with E-state index in [0.29, 0.717) is 19.5 Å². The van der Waals surface area contributed by atoms with E-state index in [1.165, 1.54) is 0 Å². The number of nitrogens with zero attached hydrogens (tertiary/aromatic N) is 1. The molecular formula is C17H26N2O3. The van der Waals surface area contributed by atoms with Crippen LogP contribution in [0.2, 0.25) is 0 Å². The zero-order chi connectivity index (χ0) is 16.4. The van der Waals surface area contributed by atoms with E-state index in [4.69, 9.17) is 10.5 Å². The summed E-state index contributed by atoms with van der Waals surface area (Å²) in [5, 5.41) is 10.8. The fourth-order valence-electron chi connectivity index (χ4n) is 2.66. The van der Waals surface area contributed by atoms with E-state index in [2.05, 4.69) is 0 Å². The molecule has 0 spiro atoms. The molecule has 5 heteroatoms. The lowest BCUT2D eigenvalue weighted by atomic mass is 9.92. The second-order valence-corrected chi connectivity index (χ2v) is 6.92. The summed E-state index contributed by atoms with van der Waals surface area (Å²) in [7, 11) is 0. The zero-order valence-electron chi connectivity index (χ0n) is 13.6. The minimum absolute atomic E-state index is 0.262. The predicted molar refractivity (Wildman–Crippen MR) is 85.5 cm³/mol. The van der Waals surface area contributed by atoms with Crippen LogP contribution in [0.5, 0.6) is 0 Å². The summed E-state index contributed by atoms with van der Waals surface area (Å²) in [4.78, 5) is 13.7. The van der Waals surface area contributed by atoms with Crippen LogP contribution in [-0.4, -0.2) is 41.3 Å². The molecule has 22 heavy (non-hydrogen) atoms. The Morgan fingerprint density at radius 1 is 1.36 bits per heavy atom. The Kier molecular flexibility index (Phi) is 4.78. The van der Waals surface area contributed by atoms with Crippen LogP contribution in [0.25, 0.3) is 0 Å². The highest BCUT2D eigenvalue weighted by Gasteiger charge is 2.40. The number of β-amino-alcohol motifs (C(OH)–C–C–N with tert-alkyl or cyclic N) is 1. The van der Waals surface area contributed by atoms with Crippen LogP contribution in [-0.2, 0) is 16.8 Å². The number of carbonyl (C=O) groups is 1. The Labute approximate surface area is 132 Å². The number of nitrogens with two attached hydrogens (primary N) is 1. The summed E-state index contributed by atoms with van der Waals surface area (Å²) >= 11 is 0. The molecule has 0 aromatic heterocycles. The largest absolute Gasteiger partial charge is 0.444 e. The second kappa shape index (κ2) is 6.26.